The summed E-state index contributed by atoms with van der Waals surface area (Å²) >= 11 is 0. The Morgan fingerprint density at radius 1 is 1.19 bits per heavy atom. The van der Waals surface area contributed by atoms with Crippen LogP contribution in [0.15, 0.2) is 42.6 Å². The zero-order valence-corrected chi connectivity index (χ0v) is 8.84. The number of ether oxygens (including phenoxy) is 1. The van der Waals surface area contributed by atoms with Gasteiger partial charge in [0.15, 0.2) is 0 Å². The van der Waals surface area contributed by atoms with Crippen LogP contribution in [0.3, 0.4) is 0 Å². The molecule has 1 aromatic heterocycles. The molecule has 1 heterocycles. The maximum absolute atomic E-state index is 8.89. The summed E-state index contributed by atoms with van der Waals surface area (Å²) in [5.41, 5.74) is 1.57. The molecule has 2 rings (SSSR count). The van der Waals surface area contributed by atoms with Gasteiger partial charge in [0.05, 0.1) is 5.56 Å². The van der Waals surface area contributed by atoms with Crippen molar-refractivity contribution >= 4 is 0 Å². The van der Waals surface area contributed by atoms with Gasteiger partial charge in [-0.15, -0.1) is 0 Å². The van der Waals surface area contributed by atoms with Gasteiger partial charge in [-0.25, -0.2) is 4.98 Å². The van der Waals surface area contributed by atoms with Crippen LogP contribution in [-0.2, 0) is 0 Å². The molecule has 3 heteroatoms. The number of hydrogen-bond donors (Lipinski definition) is 0. The van der Waals surface area contributed by atoms with Crippen molar-refractivity contribution in [2.45, 2.75) is 6.92 Å². The minimum Gasteiger partial charge on any atom is -0.438 e. The average Bonchev–Trinajstić information content (AvgIpc) is 2.33. The van der Waals surface area contributed by atoms with Gasteiger partial charge >= 0.3 is 0 Å². The van der Waals surface area contributed by atoms with Crippen LogP contribution in [0.2, 0.25) is 0 Å². The van der Waals surface area contributed by atoms with Gasteiger partial charge in [-0.05, 0) is 24.6 Å². The smallest absolute Gasteiger partial charge is 0.219 e. The zero-order valence-electron chi connectivity index (χ0n) is 8.84. The fourth-order valence-corrected chi connectivity index (χ4v) is 1.28. The van der Waals surface area contributed by atoms with E-state index in [2.05, 4.69) is 11.1 Å². The number of benzene rings is 1. The van der Waals surface area contributed by atoms with Crippen LogP contribution in [0.1, 0.15) is 11.1 Å². The first kappa shape index (κ1) is 10.2. The first-order valence-electron chi connectivity index (χ1n) is 4.89. The van der Waals surface area contributed by atoms with Gasteiger partial charge in [0.25, 0.3) is 0 Å². The number of nitrogens with zero attached hydrogens (tertiary/aromatic N) is 2. The molecule has 0 aliphatic carbocycles. The molecule has 1 aromatic carbocycles. The molecule has 0 N–H and O–H groups in total. The normalized spacial score (nSPS) is 9.50. The van der Waals surface area contributed by atoms with Crippen LogP contribution in [0.4, 0.5) is 0 Å². The van der Waals surface area contributed by atoms with Crippen molar-refractivity contribution in [1.82, 2.24) is 4.98 Å². The van der Waals surface area contributed by atoms with Crippen LogP contribution < -0.4 is 4.74 Å². The molecular formula is C13H10N2O. The maximum Gasteiger partial charge on any atom is 0.219 e. The second-order valence-corrected chi connectivity index (χ2v) is 3.38. The number of para-hydroxylation sites is 1. The molecular weight excluding hydrogens is 200 g/mol. The number of aryl methyl sites for hydroxylation is 1. The van der Waals surface area contributed by atoms with Crippen LogP contribution in [-0.4, -0.2) is 4.98 Å². The zero-order chi connectivity index (χ0) is 11.4. The second-order valence-electron chi connectivity index (χ2n) is 3.38. The lowest BCUT2D eigenvalue weighted by Gasteiger charge is -2.05. The highest BCUT2D eigenvalue weighted by Gasteiger charge is 2.03. The number of nitriles is 1. The summed E-state index contributed by atoms with van der Waals surface area (Å²) in [6.45, 7) is 1.96. The largest absolute Gasteiger partial charge is 0.438 e. The minimum absolute atomic E-state index is 0.494. The van der Waals surface area contributed by atoms with Crippen LogP contribution >= 0.6 is 0 Å². The minimum atomic E-state index is 0.494. The first-order chi connectivity index (χ1) is 7.79. The molecule has 0 saturated heterocycles. The summed E-state index contributed by atoms with van der Waals surface area (Å²) in [7, 11) is 0. The van der Waals surface area contributed by atoms with Gasteiger partial charge < -0.3 is 4.74 Å². The third-order valence-electron chi connectivity index (χ3n) is 2.11. The SMILES string of the molecule is Cc1ccc(Oc2ccccc2C#N)nc1. The number of aromatic nitrogens is 1. The van der Waals surface area contributed by atoms with Crippen LogP contribution in [0, 0.1) is 18.3 Å². The van der Waals surface area contributed by atoms with E-state index in [1.165, 1.54) is 0 Å². The van der Waals surface area contributed by atoms with Crippen molar-refractivity contribution in [3.05, 3.63) is 53.7 Å². The van der Waals surface area contributed by atoms with Crippen molar-refractivity contribution in [3.8, 4) is 17.7 Å². The number of hydrogen-bond acceptors (Lipinski definition) is 3. The van der Waals surface area contributed by atoms with Crippen molar-refractivity contribution in [2.24, 2.45) is 0 Å². The Kier molecular flexibility index (Phi) is 2.84. The van der Waals surface area contributed by atoms with Crippen molar-refractivity contribution < 1.29 is 4.74 Å². The summed E-state index contributed by atoms with van der Waals surface area (Å²) in [6.07, 6.45) is 1.73. The molecule has 0 amide bonds. The van der Waals surface area contributed by atoms with E-state index in [4.69, 9.17) is 10.00 Å². The van der Waals surface area contributed by atoms with Gasteiger partial charge in [0, 0.05) is 12.3 Å². The molecule has 0 atom stereocenters. The summed E-state index contributed by atoms with van der Waals surface area (Å²) < 4.78 is 5.52. The third-order valence-corrected chi connectivity index (χ3v) is 2.11. The molecule has 0 saturated carbocycles. The molecule has 0 bridgehead atoms. The van der Waals surface area contributed by atoms with Crippen molar-refractivity contribution in [2.75, 3.05) is 0 Å². The van der Waals surface area contributed by atoms with Crippen LogP contribution in [0.25, 0.3) is 0 Å². The lowest BCUT2D eigenvalue weighted by Crippen LogP contribution is -1.90. The lowest BCUT2D eigenvalue weighted by atomic mass is 10.2. The Morgan fingerprint density at radius 2 is 2.00 bits per heavy atom. The van der Waals surface area contributed by atoms with Gasteiger partial charge in [0.2, 0.25) is 5.88 Å². The van der Waals surface area contributed by atoms with Gasteiger partial charge in [-0.3, -0.25) is 0 Å². The Balaban J connectivity index is 2.27. The highest BCUT2D eigenvalue weighted by molar-refractivity contribution is 5.44. The van der Waals surface area contributed by atoms with E-state index in [0.29, 0.717) is 17.2 Å². The lowest BCUT2D eigenvalue weighted by molar-refractivity contribution is 0.461. The summed E-state index contributed by atoms with van der Waals surface area (Å²) in [6, 6.07) is 12.9. The predicted molar refractivity (Wildman–Crippen MR) is 60.2 cm³/mol. The highest BCUT2D eigenvalue weighted by atomic mass is 16.5. The second kappa shape index (κ2) is 4.45. The Hall–Kier alpha value is -2.34. The molecule has 2 aromatic rings. The van der Waals surface area contributed by atoms with E-state index < -0.39 is 0 Å². The topological polar surface area (TPSA) is 45.9 Å². The predicted octanol–water partition coefficient (Wildman–Crippen LogP) is 3.05. The van der Waals surface area contributed by atoms with Crippen LogP contribution in [0.5, 0.6) is 11.6 Å². The van der Waals surface area contributed by atoms with E-state index in [1.807, 2.05) is 19.1 Å². The first-order valence-corrected chi connectivity index (χ1v) is 4.89. The average molecular weight is 210 g/mol. The molecule has 16 heavy (non-hydrogen) atoms. The third kappa shape index (κ3) is 2.18. The fraction of sp³-hybridized carbons (Fsp3) is 0.0769. The standard InChI is InChI=1S/C13H10N2O/c1-10-6-7-13(15-9-10)16-12-5-3-2-4-11(12)8-14/h2-7,9H,1H3. The Labute approximate surface area is 93.9 Å². The number of pyridine rings is 1. The molecule has 0 radical (unpaired) electrons. The number of rotatable bonds is 2. The van der Waals surface area contributed by atoms with E-state index in [9.17, 15) is 0 Å². The van der Waals surface area contributed by atoms with Gasteiger partial charge in [-0.2, -0.15) is 5.26 Å². The van der Waals surface area contributed by atoms with E-state index in [0.717, 1.165) is 5.56 Å². The maximum atomic E-state index is 8.89. The Bertz CT molecular complexity index is 526. The molecule has 0 fully saturated rings. The molecule has 78 valence electrons. The summed E-state index contributed by atoms with van der Waals surface area (Å²) in [5, 5.41) is 8.89. The highest BCUT2D eigenvalue weighted by Crippen LogP contribution is 2.22. The van der Waals surface area contributed by atoms with Gasteiger partial charge in [-0.1, -0.05) is 18.2 Å². The van der Waals surface area contributed by atoms with E-state index >= 15 is 0 Å². The fourth-order valence-electron chi connectivity index (χ4n) is 1.28. The van der Waals surface area contributed by atoms with E-state index in [-0.39, 0.29) is 0 Å². The molecule has 0 aliphatic heterocycles. The van der Waals surface area contributed by atoms with E-state index in [1.54, 1.807) is 30.5 Å². The molecule has 0 spiro atoms. The summed E-state index contributed by atoms with van der Waals surface area (Å²) in [5.74, 6) is 1.02. The molecule has 0 aliphatic rings. The van der Waals surface area contributed by atoms with Crippen molar-refractivity contribution in [1.29, 1.82) is 5.26 Å². The molecule has 3 nitrogen and oxygen atoms in total. The quantitative estimate of drug-likeness (QED) is 0.765. The van der Waals surface area contributed by atoms with Crippen molar-refractivity contribution in [3.63, 3.8) is 0 Å². The monoisotopic (exact) mass is 210 g/mol. The Morgan fingerprint density at radius 3 is 2.69 bits per heavy atom. The summed E-state index contributed by atoms with van der Waals surface area (Å²) in [4.78, 5) is 4.12. The molecule has 0 unspecified atom stereocenters. The van der Waals surface area contributed by atoms with Gasteiger partial charge in [0.1, 0.15) is 11.8 Å².